The van der Waals surface area contributed by atoms with Crippen molar-refractivity contribution in [3.05, 3.63) is 40.1 Å². The standard InChI is InChI=1S/C11H14ClN3O/c1-6-4-8(7(2)16-6)10(13)11-9(12)5-14-15(11)3/h4-5,10H,13H2,1-3H3. The van der Waals surface area contributed by atoms with Crippen LogP contribution in [-0.4, -0.2) is 9.78 Å². The highest BCUT2D eigenvalue weighted by atomic mass is 35.5. The van der Waals surface area contributed by atoms with E-state index in [4.69, 9.17) is 21.8 Å². The Balaban J connectivity index is 2.46. The molecule has 4 nitrogen and oxygen atoms in total. The van der Waals surface area contributed by atoms with Gasteiger partial charge in [0.15, 0.2) is 0 Å². The second kappa shape index (κ2) is 3.96. The zero-order valence-corrected chi connectivity index (χ0v) is 10.2. The van der Waals surface area contributed by atoms with E-state index in [2.05, 4.69) is 5.10 Å². The van der Waals surface area contributed by atoms with Gasteiger partial charge in [-0.15, -0.1) is 0 Å². The molecule has 0 radical (unpaired) electrons. The predicted octanol–water partition coefficient (Wildman–Crippen LogP) is 2.33. The summed E-state index contributed by atoms with van der Waals surface area (Å²) < 4.78 is 7.15. The molecule has 0 aliphatic rings. The van der Waals surface area contributed by atoms with E-state index in [-0.39, 0.29) is 6.04 Å². The first-order valence-corrected chi connectivity index (χ1v) is 5.38. The Labute approximate surface area is 99.0 Å². The smallest absolute Gasteiger partial charge is 0.106 e. The first kappa shape index (κ1) is 11.2. The van der Waals surface area contributed by atoms with Crippen LogP contribution >= 0.6 is 11.6 Å². The van der Waals surface area contributed by atoms with Crippen LogP contribution in [-0.2, 0) is 7.05 Å². The van der Waals surface area contributed by atoms with Gasteiger partial charge in [0.1, 0.15) is 11.5 Å². The molecule has 5 heteroatoms. The summed E-state index contributed by atoms with van der Waals surface area (Å²) in [7, 11) is 1.82. The van der Waals surface area contributed by atoms with Crippen molar-refractivity contribution in [3.8, 4) is 0 Å². The Bertz CT molecular complexity index is 496. The van der Waals surface area contributed by atoms with E-state index in [9.17, 15) is 0 Å². The molecule has 0 bridgehead atoms. The van der Waals surface area contributed by atoms with Crippen molar-refractivity contribution in [2.75, 3.05) is 0 Å². The molecule has 2 N–H and O–H groups in total. The lowest BCUT2D eigenvalue weighted by Gasteiger charge is -2.11. The molecule has 0 aliphatic carbocycles. The van der Waals surface area contributed by atoms with Crippen molar-refractivity contribution in [2.45, 2.75) is 19.9 Å². The van der Waals surface area contributed by atoms with Crippen molar-refractivity contribution < 1.29 is 4.42 Å². The van der Waals surface area contributed by atoms with Crippen LogP contribution in [0.1, 0.15) is 28.8 Å². The van der Waals surface area contributed by atoms with Crippen LogP contribution in [0.15, 0.2) is 16.7 Å². The summed E-state index contributed by atoms with van der Waals surface area (Å²) in [4.78, 5) is 0. The quantitative estimate of drug-likeness (QED) is 0.875. The van der Waals surface area contributed by atoms with Gasteiger partial charge in [-0.25, -0.2) is 0 Å². The maximum absolute atomic E-state index is 6.17. The van der Waals surface area contributed by atoms with Gasteiger partial charge >= 0.3 is 0 Å². The maximum Gasteiger partial charge on any atom is 0.106 e. The van der Waals surface area contributed by atoms with Gasteiger partial charge in [-0.1, -0.05) is 11.6 Å². The van der Waals surface area contributed by atoms with Crippen molar-refractivity contribution in [2.24, 2.45) is 12.8 Å². The molecular weight excluding hydrogens is 226 g/mol. The van der Waals surface area contributed by atoms with Gasteiger partial charge in [-0.3, -0.25) is 4.68 Å². The first-order chi connectivity index (χ1) is 7.50. The van der Waals surface area contributed by atoms with Gasteiger partial charge in [-0.05, 0) is 19.9 Å². The van der Waals surface area contributed by atoms with E-state index < -0.39 is 0 Å². The van der Waals surface area contributed by atoms with Gasteiger partial charge in [0, 0.05) is 12.6 Å². The van der Waals surface area contributed by atoms with Crippen LogP contribution < -0.4 is 5.73 Å². The normalized spacial score (nSPS) is 13.1. The number of halogens is 1. The number of nitrogens with zero attached hydrogens (tertiary/aromatic N) is 2. The van der Waals surface area contributed by atoms with Crippen LogP contribution in [0, 0.1) is 13.8 Å². The third-order valence-electron chi connectivity index (χ3n) is 2.65. The van der Waals surface area contributed by atoms with Crippen LogP contribution in [0.5, 0.6) is 0 Å². The van der Waals surface area contributed by atoms with Gasteiger partial charge < -0.3 is 10.2 Å². The second-order valence-electron chi connectivity index (χ2n) is 3.85. The lowest BCUT2D eigenvalue weighted by atomic mass is 10.1. The summed E-state index contributed by atoms with van der Waals surface area (Å²) in [5.74, 6) is 1.67. The molecule has 1 unspecified atom stereocenters. The number of hydrogen-bond acceptors (Lipinski definition) is 3. The molecule has 0 amide bonds. The van der Waals surface area contributed by atoms with Gasteiger partial charge in [0.25, 0.3) is 0 Å². The highest BCUT2D eigenvalue weighted by molar-refractivity contribution is 6.31. The number of nitrogens with two attached hydrogens (primary N) is 1. The van der Waals surface area contributed by atoms with Crippen LogP contribution in [0.25, 0.3) is 0 Å². The molecule has 0 spiro atoms. The van der Waals surface area contributed by atoms with Gasteiger partial charge in [-0.2, -0.15) is 5.10 Å². The van der Waals surface area contributed by atoms with Crippen LogP contribution in [0.2, 0.25) is 5.02 Å². The van der Waals surface area contributed by atoms with E-state index in [1.807, 2.05) is 27.0 Å². The van der Waals surface area contributed by atoms with E-state index >= 15 is 0 Å². The Morgan fingerprint density at radius 2 is 2.19 bits per heavy atom. The molecular formula is C11H14ClN3O. The maximum atomic E-state index is 6.17. The minimum atomic E-state index is -0.308. The van der Waals surface area contributed by atoms with Crippen molar-refractivity contribution in [1.82, 2.24) is 9.78 Å². The summed E-state index contributed by atoms with van der Waals surface area (Å²) in [5, 5.41) is 4.65. The van der Waals surface area contributed by atoms with E-state index in [1.54, 1.807) is 10.9 Å². The number of aromatic nitrogens is 2. The molecule has 0 saturated heterocycles. The van der Waals surface area contributed by atoms with Crippen LogP contribution in [0.4, 0.5) is 0 Å². The van der Waals surface area contributed by atoms with E-state index in [1.165, 1.54) is 0 Å². The highest BCUT2D eigenvalue weighted by Gasteiger charge is 2.20. The van der Waals surface area contributed by atoms with Gasteiger partial charge in [0.05, 0.1) is 23.0 Å². The molecule has 2 aromatic heterocycles. The molecule has 2 heterocycles. The zero-order chi connectivity index (χ0) is 11.9. The fraction of sp³-hybridized carbons (Fsp3) is 0.364. The number of aryl methyl sites for hydroxylation is 3. The molecule has 2 aromatic rings. The summed E-state index contributed by atoms with van der Waals surface area (Å²) in [6.07, 6.45) is 1.60. The summed E-state index contributed by atoms with van der Waals surface area (Å²) in [6.45, 7) is 3.79. The molecule has 2 rings (SSSR count). The molecule has 1 atom stereocenters. The number of rotatable bonds is 2. The minimum absolute atomic E-state index is 0.308. The average Bonchev–Trinajstić information content (AvgIpc) is 2.70. The zero-order valence-electron chi connectivity index (χ0n) is 9.49. The largest absolute Gasteiger partial charge is 0.466 e. The predicted molar refractivity (Wildman–Crippen MR) is 62.4 cm³/mol. The van der Waals surface area contributed by atoms with Crippen LogP contribution in [0.3, 0.4) is 0 Å². The molecule has 16 heavy (non-hydrogen) atoms. The lowest BCUT2D eigenvalue weighted by Crippen LogP contribution is -2.16. The summed E-state index contributed by atoms with van der Waals surface area (Å²) in [5.41, 5.74) is 7.92. The third kappa shape index (κ3) is 1.74. The van der Waals surface area contributed by atoms with E-state index in [0.29, 0.717) is 5.02 Å². The fourth-order valence-electron chi connectivity index (χ4n) is 1.88. The Hall–Kier alpha value is -1.26. The topological polar surface area (TPSA) is 57.0 Å². The number of hydrogen-bond donors (Lipinski definition) is 1. The van der Waals surface area contributed by atoms with Crippen molar-refractivity contribution in [1.29, 1.82) is 0 Å². The Morgan fingerprint density at radius 3 is 2.62 bits per heavy atom. The molecule has 0 saturated carbocycles. The molecule has 0 fully saturated rings. The number of furan rings is 1. The molecule has 0 aliphatic heterocycles. The highest BCUT2D eigenvalue weighted by Crippen LogP contribution is 2.29. The third-order valence-corrected chi connectivity index (χ3v) is 2.94. The Morgan fingerprint density at radius 1 is 1.50 bits per heavy atom. The van der Waals surface area contributed by atoms with Crippen molar-refractivity contribution >= 4 is 11.6 Å². The molecule has 86 valence electrons. The average molecular weight is 240 g/mol. The molecule has 0 aromatic carbocycles. The van der Waals surface area contributed by atoms with Crippen molar-refractivity contribution in [3.63, 3.8) is 0 Å². The summed E-state index contributed by atoms with van der Waals surface area (Å²) >= 11 is 6.06. The second-order valence-corrected chi connectivity index (χ2v) is 4.25. The Kier molecular flexibility index (Phi) is 2.78. The SMILES string of the molecule is Cc1cc(C(N)c2c(Cl)cnn2C)c(C)o1. The van der Waals surface area contributed by atoms with E-state index in [0.717, 1.165) is 22.8 Å². The first-order valence-electron chi connectivity index (χ1n) is 5.00. The lowest BCUT2D eigenvalue weighted by molar-refractivity contribution is 0.498. The summed E-state index contributed by atoms with van der Waals surface area (Å²) in [6, 6.07) is 1.63. The van der Waals surface area contributed by atoms with Gasteiger partial charge in [0.2, 0.25) is 0 Å². The fourth-order valence-corrected chi connectivity index (χ4v) is 2.16. The monoisotopic (exact) mass is 239 g/mol. The minimum Gasteiger partial charge on any atom is -0.466 e.